The molecule has 0 saturated heterocycles. The molecule has 132 valence electrons. The molecule has 5 nitrogen and oxygen atoms in total. The van der Waals surface area contributed by atoms with Crippen LogP contribution in [0.1, 0.15) is 35.7 Å². The highest BCUT2D eigenvalue weighted by atomic mass is 16.6. The van der Waals surface area contributed by atoms with Crippen LogP contribution in [-0.2, 0) is 16.1 Å². The molecule has 0 atom stereocenters. The lowest BCUT2D eigenvalue weighted by atomic mass is 10.2. The minimum atomic E-state index is -0.391. The van der Waals surface area contributed by atoms with Crippen LogP contribution in [0.25, 0.3) is 0 Å². The van der Waals surface area contributed by atoms with Crippen LogP contribution in [0.3, 0.4) is 0 Å². The summed E-state index contributed by atoms with van der Waals surface area (Å²) in [6.45, 7) is 2.78. The average molecular weight is 341 g/mol. The Hall–Kier alpha value is -2.82. The van der Waals surface area contributed by atoms with Gasteiger partial charge in [0.05, 0.1) is 6.61 Å². The van der Waals surface area contributed by atoms with Gasteiger partial charge in [-0.3, -0.25) is 4.79 Å². The molecule has 5 heteroatoms. The van der Waals surface area contributed by atoms with Gasteiger partial charge < -0.3 is 14.8 Å². The van der Waals surface area contributed by atoms with E-state index >= 15 is 0 Å². The van der Waals surface area contributed by atoms with Crippen LogP contribution in [-0.4, -0.2) is 25.1 Å². The molecule has 0 fully saturated rings. The lowest BCUT2D eigenvalue weighted by Crippen LogP contribution is -2.22. The molecule has 0 aliphatic heterocycles. The Morgan fingerprint density at radius 1 is 1.00 bits per heavy atom. The predicted octanol–water partition coefficient (Wildman–Crippen LogP) is 3.34. The maximum Gasteiger partial charge on any atom is 0.344 e. The first kappa shape index (κ1) is 18.5. The number of carbonyl (C=O) groups is 2. The molecule has 0 aliphatic carbocycles. The third-order valence-electron chi connectivity index (χ3n) is 3.53. The summed E-state index contributed by atoms with van der Waals surface area (Å²) in [5.74, 6) is -0.0282. The molecule has 2 rings (SSSR count). The number of benzene rings is 2. The number of nitrogens with one attached hydrogen (secondary N) is 1. The summed E-state index contributed by atoms with van der Waals surface area (Å²) >= 11 is 0. The third kappa shape index (κ3) is 6.67. The van der Waals surface area contributed by atoms with Gasteiger partial charge in [0.25, 0.3) is 5.91 Å². The second-order valence-corrected chi connectivity index (χ2v) is 5.56. The van der Waals surface area contributed by atoms with Crippen LogP contribution in [0.2, 0.25) is 0 Å². The van der Waals surface area contributed by atoms with Crippen molar-refractivity contribution in [2.75, 3.05) is 13.2 Å². The maximum absolute atomic E-state index is 12.1. The Labute approximate surface area is 148 Å². The van der Waals surface area contributed by atoms with Gasteiger partial charge in [0.1, 0.15) is 5.75 Å². The van der Waals surface area contributed by atoms with Gasteiger partial charge in [-0.1, -0.05) is 43.7 Å². The van der Waals surface area contributed by atoms with Crippen molar-refractivity contribution in [3.8, 4) is 5.75 Å². The normalized spacial score (nSPS) is 10.1. The number of unbranched alkanes of at least 4 members (excludes halogenated alkanes) is 1. The molecule has 0 unspecified atom stereocenters. The van der Waals surface area contributed by atoms with Crippen LogP contribution in [0.5, 0.6) is 5.75 Å². The number of amides is 1. The van der Waals surface area contributed by atoms with E-state index in [9.17, 15) is 9.59 Å². The first-order chi connectivity index (χ1) is 12.2. The van der Waals surface area contributed by atoms with E-state index in [2.05, 4.69) is 5.32 Å². The second-order valence-electron chi connectivity index (χ2n) is 5.56. The van der Waals surface area contributed by atoms with Crippen molar-refractivity contribution in [3.05, 3.63) is 65.7 Å². The highest BCUT2D eigenvalue weighted by Gasteiger charge is 2.07. The molecule has 1 N–H and O–H groups in total. The summed E-state index contributed by atoms with van der Waals surface area (Å²) in [6, 6.07) is 16.4. The molecule has 2 aromatic carbocycles. The van der Waals surface area contributed by atoms with Crippen molar-refractivity contribution in [1.29, 1.82) is 0 Å². The quantitative estimate of drug-likeness (QED) is 0.561. The standard InChI is InChI=1S/C20H23NO4/c1-2-3-13-24-19(22)15-25-18-11-9-17(10-12-18)20(23)21-14-16-7-5-4-6-8-16/h4-12H,2-3,13-15H2,1H3,(H,21,23). The Bertz CT molecular complexity index is 668. The number of ether oxygens (including phenoxy) is 2. The topological polar surface area (TPSA) is 64.6 Å². The van der Waals surface area contributed by atoms with Crippen LogP contribution in [0, 0.1) is 0 Å². The first-order valence-corrected chi connectivity index (χ1v) is 8.39. The summed E-state index contributed by atoms with van der Waals surface area (Å²) in [6.07, 6.45) is 1.82. The zero-order chi connectivity index (χ0) is 17.9. The molecule has 0 saturated carbocycles. The number of rotatable bonds is 9. The van der Waals surface area contributed by atoms with Crippen molar-refractivity contribution in [1.82, 2.24) is 5.32 Å². The fourth-order valence-electron chi connectivity index (χ4n) is 2.10. The second kappa shape index (κ2) is 10.1. The zero-order valence-electron chi connectivity index (χ0n) is 14.4. The van der Waals surface area contributed by atoms with Crippen LogP contribution < -0.4 is 10.1 Å². The van der Waals surface area contributed by atoms with E-state index in [4.69, 9.17) is 9.47 Å². The van der Waals surface area contributed by atoms with Crippen molar-refractivity contribution in [2.45, 2.75) is 26.3 Å². The van der Waals surface area contributed by atoms with Crippen LogP contribution >= 0.6 is 0 Å². The van der Waals surface area contributed by atoms with Crippen molar-refractivity contribution in [2.24, 2.45) is 0 Å². The minimum Gasteiger partial charge on any atom is -0.482 e. The number of hydrogen-bond donors (Lipinski definition) is 1. The molecule has 0 heterocycles. The van der Waals surface area contributed by atoms with E-state index in [1.807, 2.05) is 37.3 Å². The van der Waals surface area contributed by atoms with E-state index in [0.29, 0.717) is 24.5 Å². The summed E-state index contributed by atoms with van der Waals surface area (Å²) in [5, 5.41) is 2.86. The number of carbonyl (C=O) groups excluding carboxylic acids is 2. The van der Waals surface area contributed by atoms with E-state index in [1.165, 1.54) is 0 Å². The molecule has 1 amide bonds. The molecular weight excluding hydrogens is 318 g/mol. The molecule has 2 aromatic rings. The number of hydrogen-bond acceptors (Lipinski definition) is 4. The largest absolute Gasteiger partial charge is 0.482 e. The minimum absolute atomic E-state index is 0.136. The lowest BCUT2D eigenvalue weighted by Gasteiger charge is -2.08. The van der Waals surface area contributed by atoms with E-state index in [0.717, 1.165) is 18.4 Å². The van der Waals surface area contributed by atoms with Crippen molar-refractivity contribution < 1.29 is 19.1 Å². The Morgan fingerprint density at radius 2 is 1.72 bits per heavy atom. The molecule has 0 aromatic heterocycles. The van der Waals surface area contributed by atoms with Gasteiger partial charge in [0.15, 0.2) is 6.61 Å². The smallest absolute Gasteiger partial charge is 0.344 e. The predicted molar refractivity (Wildman–Crippen MR) is 95.4 cm³/mol. The van der Waals surface area contributed by atoms with Crippen LogP contribution in [0.4, 0.5) is 0 Å². The highest BCUT2D eigenvalue weighted by Crippen LogP contribution is 2.12. The van der Waals surface area contributed by atoms with Crippen LogP contribution in [0.15, 0.2) is 54.6 Å². The summed E-state index contributed by atoms with van der Waals surface area (Å²) in [4.78, 5) is 23.6. The van der Waals surface area contributed by atoms with E-state index in [-0.39, 0.29) is 12.5 Å². The Balaban J connectivity index is 1.77. The Morgan fingerprint density at radius 3 is 2.40 bits per heavy atom. The average Bonchev–Trinajstić information content (AvgIpc) is 2.66. The molecule has 25 heavy (non-hydrogen) atoms. The van der Waals surface area contributed by atoms with Gasteiger partial charge in [0.2, 0.25) is 0 Å². The van der Waals surface area contributed by atoms with Gasteiger partial charge in [-0.15, -0.1) is 0 Å². The molecule has 0 aliphatic rings. The lowest BCUT2D eigenvalue weighted by molar-refractivity contribution is -0.146. The molecule has 0 bridgehead atoms. The summed E-state index contributed by atoms with van der Waals surface area (Å²) < 4.78 is 10.4. The number of esters is 1. The Kier molecular flexibility index (Phi) is 7.50. The van der Waals surface area contributed by atoms with Crippen molar-refractivity contribution >= 4 is 11.9 Å². The monoisotopic (exact) mass is 341 g/mol. The molecule has 0 spiro atoms. The third-order valence-corrected chi connectivity index (χ3v) is 3.53. The van der Waals surface area contributed by atoms with Gasteiger partial charge in [-0.2, -0.15) is 0 Å². The summed E-state index contributed by atoms with van der Waals surface area (Å²) in [7, 11) is 0. The molecule has 0 radical (unpaired) electrons. The highest BCUT2D eigenvalue weighted by molar-refractivity contribution is 5.94. The van der Waals surface area contributed by atoms with E-state index in [1.54, 1.807) is 24.3 Å². The van der Waals surface area contributed by atoms with Gasteiger partial charge in [0, 0.05) is 12.1 Å². The van der Waals surface area contributed by atoms with Crippen molar-refractivity contribution in [3.63, 3.8) is 0 Å². The van der Waals surface area contributed by atoms with Gasteiger partial charge in [-0.05, 0) is 36.2 Å². The SMILES string of the molecule is CCCCOC(=O)COc1ccc(C(=O)NCc2ccccc2)cc1. The fraction of sp³-hybridized carbons (Fsp3) is 0.300. The molecular formula is C20H23NO4. The zero-order valence-corrected chi connectivity index (χ0v) is 14.4. The first-order valence-electron chi connectivity index (χ1n) is 8.39. The van der Waals surface area contributed by atoms with E-state index < -0.39 is 5.97 Å². The van der Waals surface area contributed by atoms with Gasteiger partial charge >= 0.3 is 5.97 Å². The summed E-state index contributed by atoms with van der Waals surface area (Å²) in [5.41, 5.74) is 1.58. The maximum atomic E-state index is 12.1. The van der Waals surface area contributed by atoms with Gasteiger partial charge in [-0.25, -0.2) is 4.79 Å². The fourth-order valence-corrected chi connectivity index (χ4v) is 2.10.